The number of carbonyl (C=O) groups is 2. The highest BCUT2D eigenvalue weighted by Gasteiger charge is 2.62. The van der Waals surface area contributed by atoms with Crippen molar-refractivity contribution in [1.82, 2.24) is 0 Å². The van der Waals surface area contributed by atoms with E-state index in [9.17, 15) is 14.7 Å². The molecule has 18 heavy (non-hydrogen) atoms. The first-order valence-corrected chi connectivity index (χ1v) is 6.47. The standard InChI is InChI=1S/C13H18O5/c1-17-11(16)18-13-5-8-2-9(6-13)4-12(3-8,7-13)10(14)15/h8-9H,2-7H2,1H3,(H,14,15). The maximum atomic E-state index is 11.6. The monoisotopic (exact) mass is 254 g/mol. The maximum absolute atomic E-state index is 11.6. The molecule has 4 fully saturated rings. The maximum Gasteiger partial charge on any atom is 0.508 e. The minimum Gasteiger partial charge on any atom is -0.481 e. The summed E-state index contributed by atoms with van der Waals surface area (Å²) in [7, 11) is 1.29. The van der Waals surface area contributed by atoms with Crippen LogP contribution in [0, 0.1) is 17.3 Å². The van der Waals surface area contributed by atoms with E-state index in [0.717, 1.165) is 32.1 Å². The third-order valence-electron chi connectivity index (χ3n) is 4.93. The minimum absolute atomic E-state index is 0.381. The number of hydrogen-bond donors (Lipinski definition) is 1. The first-order valence-electron chi connectivity index (χ1n) is 6.47. The van der Waals surface area contributed by atoms with Crippen LogP contribution in [0.3, 0.4) is 0 Å². The van der Waals surface area contributed by atoms with E-state index < -0.39 is 23.1 Å². The molecule has 0 radical (unpaired) electrons. The van der Waals surface area contributed by atoms with Gasteiger partial charge in [0.1, 0.15) is 5.60 Å². The molecule has 5 heteroatoms. The van der Waals surface area contributed by atoms with Crippen molar-refractivity contribution in [3.05, 3.63) is 0 Å². The van der Waals surface area contributed by atoms with E-state index in [1.54, 1.807) is 0 Å². The predicted octanol–water partition coefficient (Wildman–Crippen LogP) is 2.19. The largest absolute Gasteiger partial charge is 0.508 e. The third kappa shape index (κ3) is 1.60. The summed E-state index contributed by atoms with van der Waals surface area (Å²) in [4.78, 5) is 23.0. The van der Waals surface area contributed by atoms with Crippen LogP contribution in [0.4, 0.5) is 4.79 Å². The number of carboxylic acid groups (broad SMARTS) is 1. The van der Waals surface area contributed by atoms with Crippen LogP contribution in [0.2, 0.25) is 0 Å². The fourth-order valence-corrected chi connectivity index (χ4v) is 4.77. The molecule has 4 bridgehead atoms. The number of aliphatic carboxylic acids is 1. The second kappa shape index (κ2) is 3.62. The van der Waals surface area contributed by atoms with Crippen LogP contribution in [0.15, 0.2) is 0 Å². The SMILES string of the molecule is COC(=O)OC12CC3CC(C1)CC(C(=O)O)(C3)C2. The van der Waals surface area contributed by atoms with E-state index in [2.05, 4.69) is 4.74 Å². The van der Waals surface area contributed by atoms with Gasteiger partial charge in [0.2, 0.25) is 0 Å². The van der Waals surface area contributed by atoms with Gasteiger partial charge < -0.3 is 14.6 Å². The van der Waals surface area contributed by atoms with Gasteiger partial charge in [-0.15, -0.1) is 0 Å². The van der Waals surface area contributed by atoms with Gasteiger partial charge >= 0.3 is 12.1 Å². The number of carboxylic acids is 1. The van der Waals surface area contributed by atoms with E-state index in [1.807, 2.05) is 0 Å². The lowest BCUT2D eigenvalue weighted by Crippen LogP contribution is -2.59. The summed E-state index contributed by atoms with van der Waals surface area (Å²) in [6.07, 6.45) is 3.94. The summed E-state index contributed by atoms with van der Waals surface area (Å²) in [6, 6.07) is 0. The molecular formula is C13H18O5. The zero-order chi connectivity index (χ0) is 13.0. The third-order valence-corrected chi connectivity index (χ3v) is 4.93. The molecule has 0 saturated heterocycles. The first kappa shape index (κ1) is 11.8. The van der Waals surface area contributed by atoms with Crippen LogP contribution >= 0.6 is 0 Å². The zero-order valence-electron chi connectivity index (χ0n) is 10.5. The van der Waals surface area contributed by atoms with Crippen molar-refractivity contribution in [3.8, 4) is 0 Å². The van der Waals surface area contributed by atoms with Gasteiger partial charge in [0.15, 0.2) is 0 Å². The van der Waals surface area contributed by atoms with Crippen LogP contribution in [-0.4, -0.2) is 29.9 Å². The Morgan fingerprint density at radius 2 is 1.78 bits per heavy atom. The fourth-order valence-electron chi connectivity index (χ4n) is 4.77. The summed E-state index contributed by atoms with van der Waals surface area (Å²) >= 11 is 0. The van der Waals surface area contributed by atoms with Crippen LogP contribution in [0.25, 0.3) is 0 Å². The normalized spacial score (nSPS) is 44.7. The lowest BCUT2D eigenvalue weighted by molar-refractivity contribution is -0.195. The van der Waals surface area contributed by atoms with Crippen molar-refractivity contribution < 1.29 is 24.2 Å². The molecule has 0 heterocycles. The van der Waals surface area contributed by atoms with Crippen molar-refractivity contribution in [2.45, 2.75) is 44.1 Å². The smallest absolute Gasteiger partial charge is 0.481 e. The van der Waals surface area contributed by atoms with Crippen molar-refractivity contribution in [1.29, 1.82) is 0 Å². The Hall–Kier alpha value is -1.26. The van der Waals surface area contributed by atoms with Crippen LogP contribution < -0.4 is 0 Å². The van der Waals surface area contributed by atoms with E-state index in [0.29, 0.717) is 18.3 Å². The Balaban J connectivity index is 1.89. The van der Waals surface area contributed by atoms with Gasteiger partial charge in [-0.1, -0.05) is 0 Å². The molecule has 4 rings (SSSR count). The van der Waals surface area contributed by atoms with Gasteiger partial charge in [-0.3, -0.25) is 4.79 Å². The Labute approximate surface area is 105 Å². The van der Waals surface area contributed by atoms with Crippen molar-refractivity contribution in [2.75, 3.05) is 7.11 Å². The minimum atomic E-state index is -0.727. The van der Waals surface area contributed by atoms with Crippen LogP contribution in [0.5, 0.6) is 0 Å². The Morgan fingerprint density at radius 1 is 1.17 bits per heavy atom. The molecule has 2 unspecified atom stereocenters. The number of hydrogen-bond acceptors (Lipinski definition) is 4. The van der Waals surface area contributed by atoms with Gasteiger partial charge in [-0.05, 0) is 43.9 Å². The molecule has 4 aliphatic carbocycles. The molecule has 4 aliphatic rings. The Kier molecular flexibility index (Phi) is 2.37. The van der Waals surface area contributed by atoms with Crippen molar-refractivity contribution >= 4 is 12.1 Å². The van der Waals surface area contributed by atoms with E-state index in [1.165, 1.54) is 7.11 Å². The quantitative estimate of drug-likeness (QED) is 0.765. The highest BCUT2D eigenvalue weighted by molar-refractivity contribution is 5.75. The molecule has 5 nitrogen and oxygen atoms in total. The molecule has 0 spiro atoms. The molecule has 0 aromatic heterocycles. The summed E-state index contributed by atoms with van der Waals surface area (Å²) in [5, 5.41) is 9.51. The van der Waals surface area contributed by atoms with Crippen molar-refractivity contribution in [2.24, 2.45) is 17.3 Å². The topological polar surface area (TPSA) is 72.8 Å². The molecule has 0 aliphatic heterocycles. The highest BCUT2D eigenvalue weighted by Crippen LogP contribution is 2.62. The second-order valence-electron chi connectivity index (χ2n) is 6.29. The van der Waals surface area contributed by atoms with E-state index in [-0.39, 0.29) is 0 Å². The van der Waals surface area contributed by atoms with Gasteiger partial charge in [-0.2, -0.15) is 0 Å². The van der Waals surface area contributed by atoms with Gasteiger partial charge in [0, 0.05) is 6.42 Å². The Morgan fingerprint density at radius 3 is 2.28 bits per heavy atom. The van der Waals surface area contributed by atoms with Gasteiger partial charge in [0.05, 0.1) is 12.5 Å². The molecule has 0 amide bonds. The van der Waals surface area contributed by atoms with Gasteiger partial charge in [0.25, 0.3) is 0 Å². The number of carbonyl (C=O) groups excluding carboxylic acids is 1. The van der Waals surface area contributed by atoms with E-state index >= 15 is 0 Å². The molecular weight excluding hydrogens is 236 g/mol. The van der Waals surface area contributed by atoms with Gasteiger partial charge in [-0.25, -0.2) is 4.79 Å². The molecule has 1 N–H and O–H groups in total. The molecule has 0 aromatic carbocycles. The summed E-state index contributed by atoms with van der Waals surface area (Å²) in [5.74, 6) is 0.0356. The number of rotatable bonds is 2. The lowest BCUT2D eigenvalue weighted by Gasteiger charge is -2.59. The number of ether oxygens (including phenoxy) is 2. The van der Waals surface area contributed by atoms with Crippen LogP contribution in [-0.2, 0) is 14.3 Å². The zero-order valence-corrected chi connectivity index (χ0v) is 10.5. The first-order chi connectivity index (χ1) is 8.47. The highest BCUT2D eigenvalue weighted by atomic mass is 16.7. The number of methoxy groups -OCH3 is 1. The average Bonchev–Trinajstić information content (AvgIpc) is 2.26. The van der Waals surface area contributed by atoms with Crippen molar-refractivity contribution in [3.63, 3.8) is 0 Å². The average molecular weight is 254 g/mol. The van der Waals surface area contributed by atoms with Crippen LogP contribution in [0.1, 0.15) is 38.5 Å². The van der Waals surface area contributed by atoms with E-state index in [4.69, 9.17) is 4.74 Å². The predicted molar refractivity (Wildman–Crippen MR) is 61.0 cm³/mol. The second-order valence-corrected chi connectivity index (χ2v) is 6.29. The summed E-state index contributed by atoms with van der Waals surface area (Å²) in [5.41, 5.74) is -1.26. The lowest BCUT2D eigenvalue weighted by atomic mass is 9.48. The summed E-state index contributed by atoms with van der Waals surface area (Å²) in [6.45, 7) is 0. The Bertz CT molecular complexity index is 388. The molecule has 2 atom stereocenters. The molecule has 100 valence electrons. The summed E-state index contributed by atoms with van der Waals surface area (Å²) < 4.78 is 10.0. The molecule has 4 saturated carbocycles. The fraction of sp³-hybridized carbons (Fsp3) is 0.846. The molecule has 0 aromatic rings.